The fourth-order valence-corrected chi connectivity index (χ4v) is 16.7. The summed E-state index contributed by atoms with van der Waals surface area (Å²) < 4.78 is 7.68. The average molecular weight is 849 g/mol. The fourth-order valence-electron chi connectivity index (χ4n) is 10.8. The van der Waals surface area contributed by atoms with E-state index in [0.29, 0.717) is 0 Å². The van der Waals surface area contributed by atoms with Gasteiger partial charge in [-0.1, -0.05) is 194 Å². The molecule has 0 aliphatic heterocycles. The molecule has 0 spiro atoms. The maximum atomic E-state index is 2.54. The summed E-state index contributed by atoms with van der Waals surface area (Å²) in [5, 5.41) is 13.0. The number of para-hydroxylation sites is 3. The predicted molar refractivity (Wildman–Crippen MR) is 277 cm³/mol. The summed E-state index contributed by atoms with van der Waals surface area (Å²) in [6.07, 6.45) is 0. The van der Waals surface area contributed by atoms with Gasteiger partial charge in [0.15, 0.2) is 8.07 Å². The van der Waals surface area contributed by atoms with Gasteiger partial charge in [-0.15, -0.1) is 11.3 Å². The Morgan fingerprint density at radius 1 is 0.328 bits per heavy atom. The van der Waals surface area contributed by atoms with Crippen LogP contribution in [-0.4, -0.2) is 17.2 Å². The summed E-state index contributed by atoms with van der Waals surface area (Å²) in [7, 11) is -2.78. The zero-order chi connectivity index (χ0) is 42.2. The molecule has 4 heteroatoms. The van der Waals surface area contributed by atoms with Crippen LogP contribution in [0.5, 0.6) is 0 Å². The molecule has 0 fully saturated rings. The number of rotatable bonds is 7. The molecule has 10 aromatic carbocycles. The molecule has 0 atom stereocenters. The third-order valence-electron chi connectivity index (χ3n) is 13.5. The normalized spacial score (nSPS) is 12.1. The molecule has 13 rings (SSSR count). The summed E-state index contributed by atoms with van der Waals surface area (Å²) >= 11 is 1.88. The predicted octanol–water partition coefficient (Wildman–Crippen LogP) is 13.3. The maximum Gasteiger partial charge on any atom is 0.179 e. The second-order valence-corrected chi connectivity index (χ2v) is 21.7. The lowest BCUT2D eigenvalue weighted by Crippen LogP contribution is -2.74. The van der Waals surface area contributed by atoms with Gasteiger partial charge in [0.25, 0.3) is 0 Å². The second kappa shape index (κ2) is 14.7. The first-order chi connectivity index (χ1) is 31.8. The molecular formula is C60H40N2SSi. The molecule has 0 amide bonds. The van der Waals surface area contributed by atoms with Crippen molar-refractivity contribution in [2.45, 2.75) is 0 Å². The van der Waals surface area contributed by atoms with E-state index < -0.39 is 8.07 Å². The van der Waals surface area contributed by atoms with Gasteiger partial charge in [-0.3, -0.25) is 0 Å². The first kappa shape index (κ1) is 36.9. The van der Waals surface area contributed by atoms with Gasteiger partial charge in [-0.2, -0.15) is 0 Å². The van der Waals surface area contributed by atoms with Gasteiger partial charge in [0.2, 0.25) is 0 Å². The number of thiophene rings is 1. The average Bonchev–Trinajstić information content (AvgIpc) is 4.03. The molecule has 0 saturated carbocycles. The van der Waals surface area contributed by atoms with Crippen molar-refractivity contribution >= 4 is 104 Å². The van der Waals surface area contributed by atoms with E-state index in [-0.39, 0.29) is 0 Å². The Morgan fingerprint density at radius 2 is 0.859 bits per heavy atom. The van der Waals surface area contributed by atoms with Crippen molar-refractivity contribution in [3.05, 3.63) is 243 Å². The van der Waals surface area contributed by atoms with E-state index in [1.807, 2.05) is 11.3 Å². The monoisotopic (exact) mass is 848 g/mol. The third kappa shape index (κ3) is 5.43. The van der Waals surface area contributed by atoms with Crippen molar-refractivity contribution in [2.24, 2.45) is 0 Å². The number of nitrogens with zero attached hydrogens (tertiary/aromatic N) is 2. The zero-order valence-electron chi connectivity index (χ0n) is 34.9. The Hall–Kier alpha value is -7.76. The Morgan fingerprint density at radius 3 is 1.58 bits per heavy atom. The van der Waals surface area contributed by atoms with Crippen LogP contribution in [0.25, 0.3) is 86.3 Å². The van der Waals surface area contributed by atoms with Crippen LogP contribution < -0.4 is 20.7 Å². The van der Waals surface area contributed by atoms with Crippen LogP contribution in [0.15, 0.2) is 243 Å². The van der Waals surface area contributed by atoms with Gasteiger partial charge in [-0.05, 0) is 74.8 Å². The van der Waals surface area contributed by atoms with Crippen LogP contribution >= 0.6 is 11.3 Å². The van der Waals surface area contributed by atoms with E-state index in [9.17, 15) is 0 Å². The number of hydrogen-bond donors (Lipinski definition) is 0. The molecule has 13 aromatic rings. The molecule has 0 saturated heterocycles. The van der Waals surface area contributed by atoms with Gasteiger partial charge in [0.1, 0.15) is 0 Å². The molecule has 0 N–H and O–H groups in total. The standard InChI is InChI=1S/C60H40N2SSi/c1-4-20-43(21-5-1)64(44-22-6-2-7-23-44,45-24-8-3-9-25-45)46-26-16-19-42(40-46)61-54-33-14-11-29-52(54)59-55(61)34-18-35-56(59)62-53-32-13-10-27-48(53)51-31-17-30-47(60(51)62)41-37-38-50-49-28-12-15-36-57(49)63-58(50)39-41/h1-40H. The Labute approximate surface area is 376 Å². The zero-order valence-corrected chi connectivity index (χ0v) is 36.7. The molecule has 64 heavy (non-hydrogen) atoms. The highest BCUT2D eigenvalue weighted by molar-refractivity contribution is 7.25. The highest BCUT2D eigenvalue weighted by Crippen LogP contribution is 2.44. The minimum absolute atomic E-state index is 1.15. The van der Waals surface area contributed by atoms with Gasteiger partial charge in [0.05, 0.1) is 27.8 Å². The first-order valence-corrected chi connectivity index (χ1v) is 24.8. The molecule has 0 aliphatic rings. The fraction of sp³-hybridized carbons (Fsp3) is 0. The van der Waals surface area contributed by atoms with Crippen molar-refractivity contribution < 1.29 is 0 Å². The smallest absolute Gasteiger partial charge is 0.179 e. The lowest BCUT2D eigenvalue weighted by atomic mass is 10.0. The molecule has 300 valence electrons. The highest BCUT2D eigenvalue weighted by atomic mass is 32.1. The molecule has 3 heterocycles. The second-order valence-electron chi connectivity index (χ2n) is 16.8. The largest absolute Gasteiger partial charge is 0.309 e. The third-order valence-corrected chi connectivity index (χ3v) is 19.4. The molecular weight excluding hydrogens is 809 g/mol. The van der Waals surface area contributed by atoms with Crippen LogP contribution in [0.2, 0.25) is 0 Å². The Kier molecular flexibility index (Phi) is 8.45. The van der Waals surface area contributed by atoms with Crippen LogP contribution in [0.4, 0.5) is 0 Å². The van der Waals surface area contributed by atoms with Gasteiger partial charge < -0.3 is 9.13 Å². The summed E-state index contributed by atoms with van der Waals surface area (Å²) in [4.78, 5) is 0. The number of hydrogen-bond acceptors (Lipinski definition) is 1. The topological polar surface area (TPSA) is 9.86 Å². The molecule has 0 aliphatic carbocycles. The molecule has 0 unspecified atom stereocenters. The molecule has 3 aromatic heterocycles. The highest BCUT2D eigenvalue weighted by Gasteiger charge is 2.41. The van der Waals surface area contributed by atoms with E-state index >= 15 is 0 Å². The van der Waals surface area contributed by atoms with Crippen LogP contribution in [0, 0.1) is 0 Å². The van der Waals surface area contributed by atoms with Crippen molar-refractivity contribution in [1.29, 1.82) is 0 Å². The first-order valence-electron chi connectivity index (χ1n) is 22.0. The molecule has 2 nitrogen and oxygen atoms in total. The summed E-state index contributed by atoms with van der Waals surface area (Å²) in [6.45, 7) is 0. The number of aromatic nitrogens is 2. The Bertz CT molecular complexity index is 3800. The van der Waals surface area contributed by atoms with E-state index in [2.05, 4.69) is 252 Å². The van der Waals surface area contributed by atoms with E-state index in [4.69, 9.17) is 0 Å². The lowest BCUT2D eigenvalue weighted by molar-refractivity contribution is 1.17. The summed E-state index contributed by atoms with van der Waals surface area (Å²) in [6, 6.07) is 90.5. The van der Waals surface area contributed by atoms with Crippen molar-refractivity contribution in [1.82, 2.24) is 9.13 Å². The SMILES string of the molecule is c1ccc([Si](c2ccccc2)(c2ccccc2)c2cccc(-n3c4ccccc4c4c(-n5c6ccccc6c6cccc(-c7ccc8c(c7)sc7ccccc78)c65)cccc43)c2)cc1. The molecule has 0 bridgehead atoms. The van der Waals surface area contributed by atoms with Gasteiger partial charge >= 0.3 is 0 Å². The minimum atomic E-state index is -2.78. The minimum Gasteiger partial charge on any atom is -0.309 e. The molecule has 0 radical (unpaired) electrons. The van der Waals surface area contributed by atoms with Crippen LogP contribution in [0.1, 0.15) is 0 Å². The number of fused-ring (bicyclic) bond motifs is 9. The van der Waals surface area contributed by atoms with Crippen LogP contribution in [0.3, 0.4) is 0 Å². The van der Waals surface area contributed by atoms with Crippen molar-refractivity contribution in [3.8, 4) is 22.5 Å². The summed E-state index contributed by atoms with van der Waals surface area (Å²) in [5.41, 5.74) is 9.56. The number of benzene rings is 10. The van der Waals surface area contributed by atoms with Gasteiger partial charge in [0, 0.05) is 53.0 Å². The van der Waals surface area contributed by atoms with Crippen LogP contribution in [-0.2, 0) is 0 Å². The van der Waals surface area contributed by atoms with Gasteiger partial charge in [-0.25, -0.2) is 0 Å². The van der Waals surface area contributed by atoms with E-state index in [0.717, 1.165) is 5.69 Å². The summed E-state index contributed by atoms with van der Waals surface area (Å²) in [5.74, 6) is 0. The van der Waals surface area contributed by atoms with Crippen molar-refractivity contribution in [3.63, 3.8) is 0 Å². The quantitative estimate of drug-likeness (QED) is 0.112. The van der Waals surface area contributed by atoms with Crippen molar-refractivity contribution in [2.75, 3.05) is 0 Å². The lowest BCUT2D eigenvalue weighted by Gasteiger charge is -2.34. The van der Waals surface area contributed by atoms with E-state index in [1.165, 1.54) is 101 Å². The Balaban J connectivity index is 1.08. The maximum absolute atomic E-state index is 2.78. The van der Waals surface area contributed by atoms with E-state index in [1.54, 1.807) is 0 Å².